The van der Waals surface area contributed by atoms with Crippen molar-refractivity contribution in [3.8, 4) is 0 Å². The Morgan fingerprint density at radius 2 is 2.54 bits per heavy atom. The summed E-state index contributed by atoms with van der Waals surface area (Å²) >= 11 is 1.72. The highest BCUT2D eigenvalue weighted by Gasteiger charge is 2.22. The molecule has 0 aromatic carbocycles. The lowest BCUT2D eigenvalue weighted by Crippen LogP contribution is -2.21. The minimum Gasteiger partial charge on any atom is -0.286 e. The van der Waals surface area contributed by atoms with E-state index in [9.17, 15) is 4.79 Å². The second kappa shape index (κ2) is 3.18. The molecular weight excluding hydrogens is 184 g/mol. The van der Waals surface area contributed by atoms with Crippen LogP contribution in [0, 0.1) is 6.92 Å². The van der Waals surface area contributed by atoms with E-state index in [2.05, 4.69) is 11.9 Å². The summed E-state index contributed by atoms with van der Waals surface area (Å²) in [4.78, 5) is 15.8. The van der Waals surface area contributed by atoms with Gasteiger partial charge in [0.25, 0.3) is 5.56 Å². The summed E-state index contributed by atoms with van der Waals surface area (Å²) < 4.78 is 1.77. The van der Waals surface area contributed by atoms with Crippen LogP contribution in [0.5, 0.6) is 0 Å². The molecule has 0 fully saturated rings. The van der Waals surface area contributed by atoms with Gasteiger partial charge in [-0.15, -0.1) is 0 Å². The lowest BCUT2D eigenvalue weighted by Gasteiger charge is -2.00. The van der Waals surface area contributed by atoms with E-state index in [0.29, 0.717) is 5.25 Å². The maximum absolute atomic E-state index is 11.5. The van der Waals surface area contributed by atoms with Crippen LogP contribution in [0.1, 0.15) is 19.0 Å². The number of rotatable bonds is 1. The first-order valence-electron chi connectivity index (χ1n) is 4.46. The highest BCUT2D eigenvalue weighted by Crippen LogP contribution is 2.30. The summed E-state index contributed by atoms with van der Waals surface area (Å²) in [6.45, 7) is 4.83. The topological polar surface area (TPSA) is 34.9 Å². The number of nitrogens with zero attached hydrogens (tertiary/aromatic N) is 2. The van der Waals surface area contributed by atoms with Crippen molar-refractivity contribution < 1.29 is 0 Å². The summed E-state index contributed by atoms with van der Waals surface area (Å²) in [5.74, 6) is 0. The van der Waals surface area contributed by atoms with Gasteiger partial charge in [0.2, 0.25) is 0 Å². The first kappa shape index (κ1) is 8.81. The van der Waals surface area contributed by atoms with Crippen molar-refractivity contribution in [2.24, 2.45) is 0 Å². The van der Waals surface area contributed by atoms with Gasteiger partial charge in [0.05, 0.1) is 0 Å². The molecule has 2 heterocycles. The van der Waals surface area contributed by atoms with Crippen molar-refractivity contribution in [1.82, 2.24) is 9.55 Å². The minimum atomic E-state index is 0.0888. The van der Waals surface area contributed by atoms with Gasteiger partial charge in [-0.05, 0) is 13.3 Å². The van der Waals surface area contributed by atoms with E-state index in [-0.39, 0.29) is 5.56 Å². The van der Waals surface area contributed by atoms with E-state index >= 15 is 0 Å². The first-order valence-corrected chi connectivity index (χ1v) is 5.34. The van der Waals surface area contributed by atoms with Gasteiger partial charge in [-0.25, -0.2) is 4.98 Å². The number of aryl methyl sites for hydroxylation is 1. The van der Waals surface area contributed by atoms with Gasteiger partial charge in [0.1, 0.15) is 0 Å². The summed E-state index contributed by atoms with van der Waals surface area (Å²) in [5.41, 5.74) is 0.909. The Balaban J connectivity index is 2.46. The second-order valence-corrected chi connectivity index (χ2v) is 4.54. The largest absolute Gasteiger partial charge is 0.286 e. The maximum Gasteiger partial charge on any atom is 0.254 e. The molecule has 1 aliphatic rings. The summed E-state index contributed by atoms with van der Waals surface area (Å²) in [7, 11) is 0. The van der Waals surface area contributed by atoms with Gasteiger partial charge in [-0.3, -0.25) is 9.36 Å². The molecule has 1 aromatic rings. The van der Waals surface area contributed by atoms with Crippen molar-refractivity contribution in [3.05, 3.63) is 22.1 Å². The molecule has 1 aromatic heterocycles. The minimum absolute atomic E-state index is 0.0888. The van der Waals surface area contributed by atoms with E-state index in [1.54, 1.807) is 22.4 Å². The van der Waals surface area contributed by atoms with Crippen LogP contribution in [0.15, 0.2) is 16.0 Å². The number of hydrogen-bond acceptors (Lipinski definition) is 3. The standard InChI is InChI=1S/C9H12N2OS/c1-3-7-5-11-8(12)4-6(2)10-9(11)13-7/h4,7H,3,5H2,1-2H3. The van der Waals surface area contributed by atoms with Crippen LogP contribution in [0.4, 0.5) is 0 Å². The molecule has 1 unspecified atom stereocenters. The molecule has 0 N–H and O–H groups in total. The molecule has 0 saturated carbocycles. The highest BCUT2D eigenvalue weighted by molar-refractivity contribution is 8.00. The molecule has 1 aliphatic heterocycles. The zero-order valence-corrected chi connectivity index (χ0v) is 8.60. The quantitative estimate of drug-likeness (QED) is 0.637. The molecule has 0 aliphatic carbocycles. The Kier molecular flexibility index (Phi) is 2.15. The van der Waals surface area contributed by atoms with Gasteiger partial charge in [0.15, 0.2) is 5.16 Å². The van der Waals surface area contributed by atoms with Crippen molar-refractivity contribution in [3.63, 3.8) is 0 Å². The van der Waals surface area contributed by atoms with E-state index in [1.807, 2.05) is 6.92 Å². The number of hydrogen-bond donors (Lipinski definition) is 0. The van der Waals surface area contributed by atoms with E-state index in [0.717, 1.165) is 23.8 Å². The van der Waals surface area contributed by atoms with E-state index in [1.165, 1.54) is 0 Å². The number of aromatic nitrogens is 2. The van der Waals surface area contributed by atoms with Gasteiger partial charge in [0, 0.05) is 23.6 Å². The predicted molar refractivity (Wildman–Crippen MR) is 53.2 cm³/mol. The van der Waals surface area contributed by atoms with Gasteiger partial charge in [-0.1, -0.05) is 18.7 Å². The van der Waals surface area contributed by atoms with Gasteiger partial charge in [-0.2, -0.15) is 0 Å². The first-order chi connectivity index (χ1) is 6.20. The SMILES string of the molecule is CCC1Cn2c(nc(C)cc2=O)S1. The Morgan fingerprint density at radius 3 is 3.23 bits per heavy atom. The lowest BCUT2D eigenvalue weighted by molar-refractivity contribution is 0.592. The molecule has 0 radical (unpaired) electrons. The highest BCUT2D eigenvalue weighted by atomic mass is 32.2. The molecule has 0 bridgehead atoms. The Bertz CT molecular complexity index is 386. The fraction of sp³-hybridized carbons (Fsp3) is 0.556. The Morgan fingerprint density at radius 1 is 1.77 bits per heavy atom. The summed E-state index contributed by atoms with van der Waals surface area (Å²) in [5, 5.41) is 1.42. The van der Waals surface area contributed by atoms with Crippen LogP contribution in [-0.2, 0) is 6.54 Å². The van der Waals surface area contributed by atoms with E-state index < -0.39 is 0 Å². The van der Waals surface area contributed by atoms with Crippen LogP contribution in [0.3, 0.4) is 0 Å². The fourth-order valence-corrected chi connectivity index (χ4v) is 2.63. The molecule has 4 heteroatoms. The molecule has 0 amide bonds. The molecular formula is C9H12N2OS. The van der Waals surface area contributed by atoms with Crippen molar-refractivity contribution in [1.29, 1.82) is 0 Å². The molecule has 1 atom stereocenters. The summed E-state index contributed by atoms with van der Waals surface area (Å²) in [6, 6.07) is 1.60. The Labute approximate surface area is 81.2 Å². The van der Waals surface area contributed by atoms with E-state index in [4.69, 9.17) is 0 Å². The van der Waals surface area contributed by atoms with Crippen LogP contribution in [-0.4, -0.2) is 14.8 Å². The number of fused-ring (bicyclic) bond motifs is 1. The third-order valence-corrected chi connectivity index (χ3v) is 3.55. The average molecular weight is 196 g/mol. The zero-order chi connectivity index (χ0) is 9.42. The third kappa shape index (κ3) is 1.50. The average Bonchev–Trinajstić information content (AvgIpc) is 2.47. The second-order valence-electron chi connectivity index (χ2n) is 3.28. The molecule has 0 spiro atoms. The zero-order valence-electron chi connectivity index (χ0n) is 7.78. The van der Waals surface area contributed by atoms with Crippen molar-refractivity contribution in [2.45, 2.75) is 37.2 Å². The van der Waals surface area contributed by atoms with Crippen molar-refractivity contribution in [2.75, 3.05) is 0 Å². The van der Waals surface area contributed by atoms with Crippen LogP contribution < -0.4 is 5.56 Å². The molecule has 2 rings (SSSR count). The smallest absolute Gasteiger partial charge is 0.254 e. The normalized spacial score (nSPS) is 20.3. The Hall–Kier alpha value is -0.770. The van der Waals surface area contributed by atoms with Gasteiger partial charge < -0.3 is 0 Å². The number of thioether (sulfide) groups is 1. The molecule has 70 valence electrons. The molecule has 3 nitrogen and oxygen atoms in total. The monoisotopic (exact) mass is 196 g/mol. The third-order valence-electron chi connectivity index (χ3n) is 2.21. The fourth-order valence-electron chi connectivity index (χ4n) is 1.45. The lowest BCUT2D eigenvalue weighted by atomic mass is 10.3. The predicted octanol–water partition coefficient (Wildman–Crippen LogP) is 1.44. The van der Waals surface area contributed by atoms with Gasteiger partial charge >= 0.3 is 0 Å². The van der Waals surface area contributed by atoms with Crippen molar-refractivity contribution >= 4 is 11.8 Å². The molecule has 13 heavy (non-hydrogen) atoms. The van der Waals surface area contributed by atoms with Crippen LogP contribution in [0.25, 0.3) is 0 Å². The molecule has 0 saturated heterocycles. The van der Waals surface area contributed by atoms with Crippen LogP contribution in [0.2, 0.25) is 0 Å². The summed E-state index contributed by atoms with van der Waals surface area (Å²) in [6.07, 6.45) is 1.09. The van der Waals surface area contributed by atoms with Crippen LogP contribution >= 0.6 is 11.8 Å². The maximum atomic E-state index is 11.5.